The Morgan fingerprint density at radius 3 is 2.92 bits per heavy atom. The molecule has 0 aliphatic carbocycles. The lowest BCUT2D eigenvalue weighted by Gasteiger charge is -2.17. The number of hydrogen-bond acceptors (Lipinski definition) is 4. The highest BCUT2D eigenvalue weighted by Gasteiger charge is 2.23. The molecule has 3 N–H and O–H groups in total. The van der Waals surface area contributed by atoms with Gasteiger partial charge in [-0.25, -0.2) is 0 Å². The molecule has 2 aromatic rings. The van der Waals surface area contributed by atoms with Crippen LogP contribution in [0.15, 0.2) is 48.5 Å². The van der Waals surface area contributed by atoms with Crippen LogP contribution in [-0.4, -0.2) is 30.4 Å². The third kappa shape index (κ3) is 4.37. The Hall–Kier alpha value is -2.84. The van der Waals surface area contributed by atoms with Crippen LogP contribution in [0.3, 0.4) is 0 Å². The number of nitrogens with zero attached hydrogens (tertiary/aromatic N) is 2. The molecular weight excluding hydrogens is 312 g/mol. The van der Waals surface area contributed by atoms with Gasteiger partial charge in [-0.3, -0.25) is 9.69 Å². The quantitative estimate of drug-likeness (QED) is 0.823. The molecule has 3 rings (SSSR count). The molecule has 5 nitrogen and oxygen atoms in total. The molecule has 1 aliphatic rings. The normalized spacial score (nSPS) is 17.2. The third-order valence-electron chi connectivity index (χ3n) is 4.60. The molecular formula is C20H22N4O. The van der Waals surface area contributed by atoms with E-state index >= 15 is 0 Å². The second kappa shape index (κ2) is 7.82. The van der Waals surface area contributed by atoms with Crippen LogP contribution in [0.5, 0.6) is 0 Å². The highest BCUT2D eigenvalue weighted by molar-refractivity contribution is 5.94. The lowest BCUT2D eigenvalue weighted by atomic mass is 10.1. The van der Waals surface area contributed by atoms with E-state index in [2.05, 4.69) is 16.3 Å². The zero-order valence-corrected chi connectivity index (χ0v) is 14.1. The van der Waals surface area contributed by atoms with Gasteiger partial charge in [0.15, 0.2) is 0 Å². The summed E-state index contributed by atoms with van der Waals surface area (Å²) >= 11 is 0. The second-order valence-electron chi connectivity index (χ2n) is 6.49. The maximum Gasteiger partial charge on any atom is 0.251 e. The van der Waals surface area contributed by atoms with E-state index in [0.29, 0.717) is 23.7 Å². The number of benzene rings is 2. The number of hydrogen-bond donors (Lipinski definition) is 2. The zero-order valence-electron chi connectivity index (χ0n) is 14.1. The molecule has 0 spiro atoms. The van der Waals surface area contributed by atoms with Crippen LogP contribution < -0.4 is 11.1 Å². The number of amides is 1. The monoisotopic (exact) mass is 334 g/mol. The first-order valence-electron chi connectivity index (χ1n) is 8.50. The summed E-state index contributed by atoms with van der Waals surface area (Å²) in [6.07, 6.45) is 1.05. The first kappa shape index (κ1) is 17.0. The minimum absolute atomic E-state index is 0.0828. The van der Waals surface area contributed by atoms with Crippen molar-refractivity contribution in [2.75, 3.05) is 25.4 Å². The summed E-state index contributed by atoms with van der Waals surface area (Å²) in [5.74, 6) is 0.347. The van der Waals surface area contributed by atoms with Crippen molar-refractivity contribution < 1.29 is 4.79 Å². The Labute approximate surface area is 148 Å². The molecule has 1 heterocycles. The van der Waals surface area contributed by atoms with Crippen molar-refractivity contribution in [3.63, 3.8) is 0 Å². The molecule has 0 saturated carbocycles. The lowest BCUT2D eigenvalue weighted by molar-refractivity contribution is 0.0947. The van der Waals surface area contributed by atoms with E-state index in [4.69, 9.17) is 5.73 Å². The van der Waals surface area contributed by atoms with Gasteiger partial charge in [-0.2, -0.15) is 5.26 Å². The van der Waals surface area contributed by atoms with E-state index in [0.717, 1.165) is 37.2 Å². The zero-order chi connectivity index (χ0) is 17.6. The van der Waals surface area contributed by atoms with E-state index in [1.54, 1.807) is 24.3 Å². The number of carbonyl (C=O) groups excluding carboxylic acids is 1. The van der Waals surface area contributed by atoms with E-state index in [1.165, 1.54) is 0 Å². The van der Waals surface area contributed by atoms with Crippen LogP contribution in [0.25, 0.3) is 0 Å². The van der Waals surface area contributed by atoms with E-state index < -0.39 is 0 Å². The summed E-state index contributed by atoms with van der Waals surface area (Å²) in [5, 5.41) is 12.2. The molecule has 1 saturated heterocycles. The Morgan fingerprint density at radius 1 is 1.28 bits per heavy atom. The smallest absolute Gasteiger partial charge is 0.251 e. The Bertz CT molecular complexity index is 796. The number of nitriles is 1. The molecule has 1 aliphatic heterocycles. The number of likely N-dealkylation sites (tertiary alicyclic amines) is 1. The highest BCUT2D eigenvalue weighted by Crippen LogP contribution is 2.20. The van der Waals surface area contributed by atoms with Crippen molar-refractivity contribution in [3.8, 4) is 6.07 Å². The van der Waals surface area contributed by atoms with Gasteiger partial charge < -0.3 is 11.1 Å². The Kier molecular flexibility index (Phi) is 5.32. The molecule has 128 valence electrons. The first-order chi connectivity index (χ1) is 12.2. The van der Waals surface area contributed by atoms with E-state index in [9.17, 15) is 10.1 Å². The molecule has 0 radical (unpaired) electrons. The standard InChI is InChI=1S/C20H22N4O/c21-11-17-4-1-2-5-18(17)14-24-9-8-15(13-24)12-23-20(25)16-6-3-7-19(22)10-16/h1-7,10,15H,8-9,12-14,22H2,(H,23,25). The topological polar surface area (TPSA) is 82.2 Å². The van der Waals surface area contributed by atoms with Crippen molar-refractivity contribution >= 4 is 11.6 Å². The number of rotatable bonds is 5. The maximum absolute atomic E-state index is 12.2. The van der Waals surface area contributed by atoms with Gasteiger partial charge in [0.1, 0.15) is 0 Å². The van der Waals surface area contributed by atoms with Crippen LogP contribution >= 0.6 is 0 Å². The number of anilines is 1. The van der Waals surface area contributed by atoms with Gasteiger partial charge in [-0.05, 0) is 48.7 Å². The molecule has 2 aromatic carbocycles. The number of nitrogens with one attached hydrogen (secondary N) is 1. The van der Waals surface area contributed by atoms with Gasteiger partial charge in [0, 0.05) is 30.9 Å². The molecule has 1 atom stereocenters. The van der Waals surface area contributed by atoms with Crippen LogP contribution in [-0.2, 0) is 6.54 Å². The summed E-state index contributed by atoms with van der Waals surface area (Å²) in [6.45, 7) is 3.35. The second-order valence-corrected chi connectivity index (χ2v) is 6.49. The maximum atomic E-state index is 12.2. The summed E-state index contributed by atoms with van der Waals surface area (Å²) in [4.78, 5) is 14.5. The van der Waals surface area contributed by atoms with E-state index in [1.807, 2.05) is 24.3 Å². The summed E-state index contributed by atoms with van der Waals surface area (Å²) < 4.78 is 0. The van der Waals surface area contributed by atoms with Crippen LogP contribution in [0, 0.1) is 17.2 Å². The molecule has 0 aromatic heterocycles. The van der Waals surface area contributed by atoms with Gasteiger partial charge in [0.2, 0.25) is 0 Å². The Morgan fingerprint density at radius 2 is 2.12 bits per heavy atom. The summed E-state index contributed by atoms with van der Waals surface area (Å²) in [7, 11) is 0. The highest BCUT2D eigenvalue weighted by atomic mass is 16.1. The van der Waals surface area contributed by atoms with Crippen molar-refractivity contribution in [2.45, 2.75) is 13.0 Å². The van der Waals surface area contributed by atoms with E-state index in [-0.39, 0.29) is 5.91 Å². The molecule has 1 fully saturated rings. The molecule has 1 amide bonds. The number of nitrogen functional groups attached to an aromatic ring is 1. The third-order valence-corrected chi connectivity index (χ3v) is 4.60. The minimum Gasteiger partial charge on any atom is -0.399 e. The van der Waals surface area contributed by atoms with Gasteiger partial charge >= 0.3 is 0 Å². The average molecular weight is 334 g/mol. The van der Waals surface area contributed by atoms with Crippen LogP contribution in [0.2, 0.25) is 0 Å². The molecule has 1 unspecified atom stereocenters. The van der Waals surface area contributed by atoms with Crippen LogP contribution in [0.4, 0.5) is 5.69 Å². The summed E-state index contributed by atoms with van der Waals surface area (Å²) in [5.41, 5.74) is 8.71. The molecule has 5 heteroatoms. The Balaban J connectivity index is 1.50. The minimum atomic E-state index is -0.0828. The lowest BCUT2D eigenvalue weighted by Crippen LogP contribution is -2.31. The predicted octanol–water partition coefficient (Wildman–Crippen LogP) is 2.39. The first-order valence-corrected chi connectivity index (χ1v) is 8.50. The fourth-order valence-corrected chi connectivity index (χ4v) is 3.25. The van der Waals surface area contributed by atoms with Crippen molar-refractivity contribution in [3.05, 3.63) is 65.2 Å². The van der Waals surface area contributed by atoms with Crippen molar-refractivity contribution in [2.24, 2.45) is 5.92 Å². The predicted molar refractivity (Wildman–Crippen MR) is 97.7 cm³/mol. The average Bonchev–Trinajstić information content (AvgIpc) is 3.07. The van der Waals surface area contributed by atoms with Crippen molar-refractivity contribution in [1.82, 2.24) is 10.2 Å². The number of carbonyl (C=O) groups is 1. The molecule has 0 bridgehead atoms. The summed E-state index contributed by atoms with van der Waals surface area (Å²) in [6, 6.07) is 17.0. The van der Waals surface area contributed by atoms with Crippen molar-refractivity contribution in [1.29, 1.82) is 5.26 Å². The SMILES string of the molecule is N#Cc1ccccc1CN1CCC(CNC(=O)c2cccc(N)c2)C1. The van der Waals surface area contributed by atoms with Gasteiger partial charge in [0.05, 0.1) is 11.6 Å². The van der Waals surface area contributed by atoms with Gasteiger partial charge in [0.25, 0.3) is 5.91 Å². The number of nitrogens with two attached hydrogens (primary N) is 1. The fraction of sp³-hybridized carbons (Fsp3) is 0.300. The largest absolute Gasteiger partial charge is 0.399 e. The van der Waals surface area contributed by atoms with Gasteiger partial charge in [-0.15, -0.1) is 0 Å². The molecule has 25 heavy (non-hydrogen) atoms. The van der Waals surface area contributed by atoms with Crippen LogP contribution in [0.1, 0.15) is 27.9 Å². The van der Waals surface area contributed by atoms with Gasteiger partial charge in [-0.1, -0.05) is 24.3 Å². The fourth-order valence-electron chi connectivity index (χ4n) is 3.25.